The maximum atomic E-state index is 12.2. The summed E-state index contributed by atoms with van der Waals surface area (Å²) in [6, 6.07) is 12.6. The fraction of sp³-hybridized carbons (Fsp3) is 0.143. The van der Waals surface area contributed by atoms with E-state index in [9.17, 15) is 8.42 Å². The molecule has 0 saturated heterocycles. The molecule has 0 amide bonds. The predicted molar refractivity (Wildman–Crippen MR) is 72.5 cm³/mol. The molecule has 4 nitrogen and oxygen atoms in total. The largest absolute Gasteiger partial charge is 0.497 e. The van der Waals surface area contributed by atoms with Crippen LogP contribution >= 0.6 is 0 Å². The van der Waals surface area contributed by atoms with Crippen molar-refractivity contribution in [1.29, 1.82) is 0 Å². The summed E-state index contributed by atoms with van der Waals surface area (Å²) in [5.74, 6) is 0.720. The van der Waals surface area contributed by atoms with Crippen molar-refractivity contribution in [2.45, 2.75) is 11.4 Å². The van der Waals surface area contributed by atoms with Crippen molar-refractivity contribution in [1.82, 2.24) is 4.72 Å². The van der Waals surface area contributed by atoms with E-state index in [1.165, 1.54) is 0 Å². The Kier molecular flexibility index (Phi) is 2.80. The van der Waals surface area contributed by atoms with Crippen LogP contribution in [0.15, 0.2) is 47.4 Å². The van der Waals surface area contributed by atoms with E-state index < -0.39 is 10.0 Å². The number of sulfonamides is 1. The van der Waals surface area contributed by atoms with E-state index in [4.69, 9.17) is 4.74 Å². The lowest BCUT2D eigenvalue weighted by atomic mass is 9.99. The Bertz CT molecular complexity index is 738. The Labute approximate surface area is 112 Å². The summed E-state index contributed by atoms with van der Waals surface area (Å²) in [6.45, 7) is 0.267. The van der Waals surface area contributed by atoms with Crippen LogP contribution in [0.4, 0.5) is 0 Å². The van der Waals surface area contributed by atoms with E-state index in [1.807, 2.05) is 30.3 Å². The van der Waals surface area contributed by atoms with E-state index in [1.54, 1.807) is 19.2 Å². The van der Waals surface area contributed by atoms with Gasteiger partial charge in [-0.2, -0.15) is 0 Å². The number of hydrogen-bond donors (Lipinski definition) is 1. The Morgan fingerprint density at radius 2 is 1.89 bits per heavy atom. The van der Waals surface area contributed by atoms with Crippen LogP contribution in [0.2, 0.25) is 0 Å². The lowest BCUT2D eigenvalue weighted by molar-refractivity contribution is 0.414. The molecular formula is C14H13NO3S. The number of methoxy groups -OCH3 is 1. The maximum Gasteiger partial charge on any atom is 0.241 e. The Morgan fingerprint density at radius 1 is 1.11 bits per heavy atom. The third-order valence-electron chi connectivity index (χ3n) is 3.23. The van der Waals surface area contributed by atoms with Crippen LogP contribution in [0, 0.1) is 0 Å². The minimum atomic E-state index is -3.46. The number of fused-ring (bicyclic) bond motifs is 3. The second-order valence-electron chi connectivity index (χ2n) is 4.34. The highest BCUT2D eigenvalue weighted by Crippen LogP contribution is 2.34. The van der Waals surface area contributed by atoms with Crippen molar-refractivity contribution in [2.24, 2.45) is 0 Å². The van der Waals surface area contributed by atoms with Crippen LogP contribution in [0.25, 0.3) is 11.1 Å². The van der Waals surface area contributed by atoms with Gasteiger partial charge in [0, 0.05) is 12.1 Å². The standard InChI is InChI=1S/C14H13NO3S/c1-18-11-6-7-12-10(8-11)9-15-19(16,17)14-5-3-2-4-13(12)14/h2-8,15H,9H2,1H3. The highest BCUT2D eigenvalue weighted by atomic mass is 32.2. The van der Waals surface area contributed by atoms with Crippen molar-refractivity contribution in [3.63, 3.8) is 0 Å². The van der Waals surface area contributed by atoms with E-state index >= 15 is 0 Å². The van der Waals surface area contributed by atoms with Crippen LogP contribution in [-0.2, 0) is 16.6 Å². The molecule has 0 saturated carbocycles. The fourth-order valence-electron chi connectivity index (χ4n) is 2.28. The second kappa shape index (κ2) is 4.36. The molecule has 19 heavy (non-hydrogen) atoms. The molecule has 1 aliphatic rings. The van der Waals surface area contributed by atoms with Gasteiger partial charge in [0.05, 0.1) is 12.0 Å². The summed E-state index contributed by atoms with van der Waals surface area (Å²) < 4.78 is 32.1. The third kappa shape index (κ3) is 2.01. The highest BCUT2D eigenvalue weighted by molar-refractivity contribution is 7.89. The summed E-state index contributed by atoms with van der Waals surface area (Å²) in [5.41, 5.74) is 2.56. The number of benzene rings is 2. The molecule has 1 aliphatic heterocycles. The topological polar surface area (TPSA) is 55.4 Å². The van der Waals surface area contributed by atoms with Crippen LogP contribution in [0.3, 0.4) is 0 Å². The zero-order valence-electron chi connectivity index (χ0n) is 10.4. The van der Waals surface area contributed by atoms with Gasteiger partial charge in [0.2, 0.25) is 10.0 Å². The number of nitrogens with one attached hydrogen (secondary N) is 1. The summed E-state index contributed by atoms with van der Waals surface area (Å²) >= 11 is 0. The number of rotatable bonds is 1. The van der Waals surface area contributed by atoms with Crippen molar-refractivity contribution in [3.05, 3.63) is 48.0 Å². The summed E-state index contributed by atoms with van der Waals surface area (Å²) in [6.07, 6.45) is 0. The van der Waals surface area contributed by atoms with Crippen molar-refractivity contribution in [2.75, 3.05) is 7.11 Å². The monoisotopic (exact) mass is 275 g/mol. The van der Waals surface area contributed by atoms with Gasteiger partial charge in [-0.05, 0) is 29.3 Å². The normalized spacial score (nSPS) is 16.1. The van der Waals surface area contributed by atoms with Crippen molar-refractivity contribution >= 4 is 10.0 Å². The lowest BCUT2D eigenvalue weighted by Gasteiger charge is -2.09. The number of hydrogen-bond acceptors (Lipinski definition) is 3. The van der Waals surface area contributed by atoms with Crippen molar-refractivity contribution in [3.8, 4) is 16.9 Å². The molecule has 0 spiro atoms. The molecule has 0 aromatic heterocycles. The molecule has 3 rings (SSSR count). The van der Waals surface area contributed by atoms with E-state index in [2.05, 4.69) is 4.72 Å². The zero-order chi connectivity index (χ0) is 13.5. The summed E-state index contributed by atoms with van der Waals surface area (Å²) in [7, 11) is -1.86. The van der Waals surface area contributed by atoms with Crippen LogP contribution in [0.1, 0.15) is 5.56 Å². The molecule has 0 fully saturated rings. The molecule has 0 atom stereocenters. The minimum Gasteiger partial charge on any atom is -0.497 e. The third-order valence-corrected chi connectivity index (χ3v) is 4.69. The Balaban J connectivity index is 2.30. The molecule has 1 heterocycles. The maximum absolute atomic E-state index is 12.2. The average molecular weight is 275 g/mol. The molecule has 0 unspecified atom stereocenters. The van der Waals surface area contributed by atoms with Gasteiger partial charge in [-0.25, -0.2) is 13.1 Å². The van der Waals surface area contributed by atoms with Crippen LogP contribution in [0.5, 0.6) is 5.75 Å². The first kappa shape index (κ1) is 12.2. The summed E-state index contributed by atoms with van der Waals surface area (Å²) in [4.78, 5) is 0.318. The predicted octanol–water partition coefficient (Wildman–Crippen LogP) is 2.15. The van der Waals surface area contributed by atoms with Gasteiger partial charge in [-0.1, -0.05) is 24.3 Å². The van der Waals surface area contributed by atoms with Gasteiger partial charge in [0.15, 0.2) is 0 Å². The molecule has 5 heteroatoms. The van der Waals surface area contributed by atoms with E-state index in [0.717, 1.165) is 22.4 Å². The van der Waals surface area contributed by atoms with Crippen LogP contribution in [-0.4, -0.2) is 15.5 Å². The van der Waals surface area contributed by atoms with Gasteiger partial charge in [0.1, 0.15) is 5.75 Å². The first-order valence-electron chi connectivity index (χ1n) is 5.88. The lowest BCUT2D eigenvalue weighted by Crippen LogP contribution is -2.21. The van der Waals surface area contributed by atoms with Gasteiger partial charge < -0.3 is 4.74 Å². The SMILES string of the molecule is COc1ccc2c(c1)CNS(=O)(=O)c1ccccc1-2. The molecule has 2 aromatic rings. The highest BCUT2D eigenvalue weighted by Gasteiger charge is 2.24. The summed E-state index contributed by atoms with van der Waals surface area (Å²) in [5, 5.41) is 0. The van der Waals surface area contributed by atoms with Crippen molar-refractivity contribution < 1.29 is 13.2 Å². The van der Waals surface area contributed by atoms with Crippen LogP contribution < -0.4 is 9.46 Å². The molecule has 0 bridgehead atoms. The van der Waals surface area contributed by atoms with Gasteiger partial charge in [0.25, 0.3) is 0 Å². The van der Waals surface area contributed by atoms with E-state index in [-0.39, 0.29) is 6.54 Å². The Hall–Kier alpha value is -1.85. The molecule has 1 N–H and O–H groups in total. The molecular weight excluding hydrogens is 262 g/mol. The van der Waals surface area contributed by atoms with Gasteiger partial charge in [-0.3, -0.25) is 0 Å². The molecule has 0 radical (unpaired) electrons. The quantitative estimate of drug-likeness (QED) is 0.867. The first-order valence-corrected chi connectivity index (χ1v) is 7.36. The zero-order valence-corrected chi connectivity index (χ0v) is 11.2. The fourth-order valence-corrected chi connectivity index (χ4v) is 3.51. The Morgan fingerprint density at radius 3 is 2.68 bits per heavy atom. The van der Waals surface area contributed by atoms with E-state index in [0.29, 0.717) is 4.90 Å². The first-order chi connectivity index (χ1) is 9.12. The molecule has 2 aromatic carbocycles. The minimum absolute atomic E-state index is 0.267. The molecule has 0 aliphatic carbocycles. The van der Waals surface area contributed by atoms with Gasteiger partial charge in [-0.15, -0.1) is 0 Å². The molecule has 98 valence electrons. The average Bonchev–Trinajstić information content (AvgIpc) is 2.55. The van der Waals surface area contributed by atoms with Gasteiger partial charge >= 0.3 is 0 Å². The second-order valence-corrected chi connectivity index (χ2v) is 6.08. The number of ether oxygens (including phenoxy) is 1. The smallest absolute Gasteiger partial charge is 0.241 e.